The number of rotatable bonds is 3. The molecular formula is C22H28F2N6O3. The molecule has 178 valence electrons. The number of alkyl halides is 2. The molecule has 9 nitrogen and oxygen atoms in total. The maximum Gasteiger partial charge on any atom is 0.329 e. The monoisotopic (exact) mass is 462 g/mol. The zero-order chi connectivity index (χ0) is 23.3. The van der Waals surface area contributed by atoms with E-state index in [4.69, 9.17) is 0 Å². The zero-order valence-corrected chi connectivity index (χ0v) is 18.5. The maximum absolute atomic E-state index is 14.3. The third-order valence-electron chi connectivity index (χ3n) is 7.16. The molecule has 0 spiro atoms. The molecule has 1 aromatic carbocycles. The Labute approximate surface area is 189 Å². The third-order valence-corrected chi connectivity index (χ3v) is 7.16. The second kappa shape index (κ2) is 8.21. The first kappa shape index (κ1) is 22.0. The van der Waals surface area contributed by atoms with E-state index in [0.717, 1.165) is 5.69 Å². The van der Waals surface area contributed by atoms with Crippen LogP contribution in [0.3, 0.4) is 0 Å². The number of piperidine rings is 2. The third kappa shape index (κ3) is 3.82. The average Bonchev–Trinajstić information content (AvgIpc) is 3.04. The summed E-state index contributed by atoms with van der Waals surface area (Å²) in [6, 6.07) is 4.18. The lowest BCUT2D eigenvalue weighted by molar-refractivity contribution is -0.135. The van der Waals surface area contributed by atoms with Gasteiger partial charge in [0.1, 0.15) is 6.04 Å². The lowest BCUT2D eigenvalue weighted by atomic mass is 9.99. The molecule has 1 unspecified atom stereocenters. The smallest absolute Gasteiger partial charge is 0.329 e. The highest BCUT2D eigenvalue weighted by Crippen LogP contribution is 2.30. The van der Waals surface area contributed by atoms with Crippen LogP contribution >= 0.6 is 0 Å². The van der Waals surface area contributed by atoms with Crippen molar-refractivity contribution in [3.05, 3.63) is 28.7 Å². The van der Waals surface area contributed by atoms with E-state index in [2.05, 4.69) is 15.5 Å². The highest BCUT2D eigenvalue weighted by Gasteiger charge is 2.45. The number of nitrogens with zero attached hydrogens (tertiary/aromatic N) is 4. The lowest BCUT2D eigenvalue weighted by Crippen LogP contribution is -2.61. The Morgan fingerprint density at radius 2 is 1.79 bits per heavy atom. The lowest BCUT2D eigenvalue weighted by Gasteiger charge is -2.44. The van der Waals surface area contributed by atoms with Gasteiger partial charge >= 0.3 is 5.69 Å². The van der Waals surface area contributed by atoms with E-state index < -0.39 is 23.9 Å². The Morgan fingerprint density at radius 1 is 1.03 bits per heavy atom. The molecular weight excluding hydrogens is 434 g/mol. The Morgan fingerprint density at radius 3 is 2.48 bits per heavy atom. The van der Waals surface area contributed by atoms with Gasteiger partial charge in [0, 0.05) is 45.3 Å². The van der Waals surface area contributed by atoms with Gasteiger partial charge in [-0.15, -0.1) is 0 Å². The molecule has 3 aliphatic heterocycles. The second-order valence-electron chi connectivity index (χ2n) is 9.12. The van der Waals surface area contributed by atoms with Crippen LogP contribution in [0, 0.1) is 0 Å². The first-order valence-electron chi connectivity index (χ1n) is 11.4. The number of hydrogen-bond acceptors (Lipinski definition) is 6. The van der Waals surface area contributed by atoms with Gasteiger partial charge in [-0.3, -0.25) is 28.9 Å². The van der Waals surface area contributed by atoms with Crippen LogP contribution in [0.5, 0.6) is 0 Å². The molecule has 3 saturated heterocycles. The van der Waals surface area contributed by atoms with Gasteiger partial charge < -0.3 is 10.2 Å². The van der Waals surface area contributed by atoms with Crippen LogP contribution in [-0.4, -0.2) is 77.1 Å². The molecule has 33 heavy (non-hydrogen) atoms. The molecule has 3 fully saturated rings. The Balaban J connectivity index is 1.37. The summed E-state index contributed by atoms with van der Waals surface area (Å²) in [4.78, 5) is 40.8. The molecule has 2 atom stereocenters. The van der Waals surface area contributed by atoms with Crippen molar-refractivity contribution in [2.75, 3.05) is 44.2 Å². The predicted octanol–water partition coefficient (Wildman–Crippen LogP) is 0.437. The Hall–Kier alpha value is -2.79. The van der Waals surface area contributed by atoms with Crippen molar-refractivity contribution in [3.8, 4) is 0 Å². The first-order chi connectivity index (χ1) is 15.8. The number of fused-ring (bicyclic) bond motifs is 1. The van der Waals surface area contributed by atoms with E-state index in [9.17, 15) is 23.2 Å². The molecule has 3 aliphatic rings. The van der Waals surface area contributed by atoms with E-state index in [-0.39, 0.29) is 31.0 Å². The van der Waals surface area contributed by atoms with E-state index in [0.29, 0.717) is 50.2 Å². The van der Waals surface area contributed by atoms with Crippen LogP contribution in [0.4, 0.5) is 14.5 Å². The van der Waals surface area contributed by atoms with Gasteiger partial charge in [0.25, 0.3) is 5.92 Å². The average molecular weight is 463 g/mol. The topological polar surface area (TPSA) is 91.6 Å². The highest BCUT2D eigenvalue weighted by atomic mass is 19.3. The van der Waals surface area contributed by atoms with Gasteiger partial charge in [-0.1, -0.05) is 0 Å². The second-order valence-corrected chi connectivity index (χ2v) is 9.12. The summed E-state index contributed by atoms with van der Waals surface area (Å²) in [5.41, 5.74) is 1.92. The summed E-state index contributed by atoms with van der Waals surface area (Å²) in [6.07, 6.45) is 0.918. The first-order valence-corrected chi connectivity index (χ1v) is 11.4. The molecule has 5 rings (SSSR count). The fourth-order valence-electron chi connectivity index (χ4n) is 5.34. The largest absolute Gasteiger partial charge is 0.369 e. The van der Waals surface area contributed by atoms with Crippen LogP contribution in [0.2, 0.25) is 0 Å². The minimum Gasteiger partial charge on any atom is -0.369 e. The fourth-order valence-corrected chi connectivity index (χ4v) is 5.34. The van der Waals surface area contributed by atoms with Crippen molar-refractivity contribution < 1.29 is 18.4 Å². The number of carbonyl (C=O) groups excluding carboxylic acids is 2. The molecule has 0 saturated carbocycles. The summed E-state index contributed by atoms with van der Waals surface area (Å²) in [5.74, 6) is -3.51. The van der Waals surface area contributed by atoms with Crippen LogP contribution in [-0.2, 0) is 16.6 Å². The summed E-state index contributed by atoms with van der Waals surface area (Å²) >= 11 is 0. The quantitative estimate of drug-likeness (QED) is 0.644. The zero-order valence-electron chi connectivity index (χ0n) is 18.5. The van der Waals surface area contributed by atoms with Gasteiger partial charge in [0.05, 0.1) is 23.6 Å². The van der Waals surface area contributed by atoms with Crippen molar-refractivity contribution in [1.82, 2.24) is 24.7 Å². The number of anilines is 1. The fraction of sp³-hybridized carbons (Fsp3) is 0.591. The minimum atomic E-state index is -2.73. The van der Waals surface area contributed by atoms with Crippen LogP contribution in [0.15, 0.2) is 23.0 Å². The number of hydrogen-bond donors (Lipinski definition) is 2. The molecule has 1 aromatic heterocycles. The highest BCUT2D eigenvalue weighted by molar-refractivity contribution is 6.00. The predicted molar refractivity (Wildman–Crippen MR) is 119 cm³/mol. The number of aromatic nitrogens is 2. The van der Waals surface area contributed by atoms with Crippen LogP contribution < -0.4 is 21.2 Å². The number of piperazine rings is 1. The molecule has 4 heterocycles. The molecule has 11 heteroatoms. The number of benzene rings is 1. The maximum atomic E-state index is 14.3. The van der Waals surface area contributed by atoms with Crippen LogP contribution in [0.1, 0.15) is 25.3 Å². The van der Waals surface area contributed by atoms with Gasteiger partial charge in [-0.2, -0.15) is 0 Å². The van der Waals surface area contributed by atoms with E-state index >= 15 is 0 Å². The summed E-state index contributed by atoms with van der Waals surface area (Å²) in [5, 5.41) is 5.09. The Bertz CT molecular complexity index is 1150. The van der Waals surface area contributed by atoms with E-state index in [1.54, 1.807) is 7.05 Å². The molecule has 0 bridgehead atoms. The number of imide groups is 1. The van der Waals surface area contributed by atoms with Crippen molar-refractivity contribution >= 4 is 28.5 Å². The van der Waals surface area contributed by atoms with Gasteiger partial charge in [-0.05, 0) is 37.6 Å². The van der Waals surface area contributed by atoms with E-state index in [1.165, 1.54) is 9.13 Å². The molecule has 0 aliphatic carbocycles. The number of amides is 2. The van der Waals surface area contributed by atoms with Crippen LogP contribution in [0.25, 0.3) is 11.0 Å². The molecule has 2 amide bonds. The number of halogens is 2. The summed E-state index contributed by atoms with van der Waals surface area (Å²) in [7, 11) is 1.66. The number of imidazole rings is 1. The standard InChI is InChI=1S/C22H28F2N6O3/c1-27-17-12-14(28-8-10-29(11-9-28)18-6-7-25-13-22(18,23)24)2-3-15(17)30(21(27)33)16-4-5-19(31)26-20(16)32/h2-3,12,16,18,25H,4-11,13H2,1H3,(H,26,31,32)/t16?,18-/m0/s1. The normalized spacial score (nSPS) is 26.6. The molecule has 2 N–H and O–H groups in total. The summed E-state index contributed by atoms with van der Waals surface area (Å²) < 4.78 is 31.6. The van der Waals surface area contributed by atoms with Gasteiger partial charge in [0.15, 0.2) is 0 Å². The summed E-state index contributed by atoms with van der Waals surface area (Å²) in [6.45, 7) is 2.67. The molecule has 2 aromatic rings. The Kier molecular flexibility index (Phi) is 5.48. The number of aryl methyl sites for hydroxylation is 1. The molecule has 0 radical (unpaired) electrons. The van der Waals surface area contributed by atoms with Crippen molar-refractivity contribution in [2.24, 2.45) is 7.05 Å². The number of nitrogens with one attached hydrogen (secondary N) is 2. The van der Waals surface area contributed by atoms with Crippen molar-refractivity contribution in [2.45, 2.75) is 37.3 Å². The minimum absolute atomic E-state index is 0.192. The number of carbonyl (C=O) groups is 2. The van der Waals surface area contributed by atoms with Gasteiger partial charge in [-0.25, -0.2) is 13.6 Å². The SMILES string of the molecule is Cn1c(=O)n(C2CCC(=O)NC2=O)c2ccc(N3CCN([C@H]4CCNCC4(F)F)CC3)cc21. The van der Waals surface area contributed by atoms with Crippen molar-refractivity contribution in [3.63, 3.8) is 0 Å². The van der Waals surface area contributed by atoms with E-state index in [1.807, 2.05) is 23.1 Å². The van der Waals surface area contributed by atoms with Crippen molar-refractivity contribution in [1.29, 1.82) is 0 Å². The van der Waals surface area contributed by atoms with Gasteiger partial charge in [0.2, 0.25) is 11.8 Å².